The van der Waals surface area contributed by atoms with Crippen molar-refractivity contribution in [1.29, 1.82) is 0 Å². The molecule has 0 bridgehead atoms. The van der Waals surface area contributed by atoms with Gasteiger partial charge in [0.05, 0.1) is 11.5 Å². The number of anilines is 1. The van der Waals surface area contributed by atoms with Gasteiger partial charge in [-0.2, -0.15) is 0 Å². The van der Waals surface area contributed by atoms with E-state index in [9.17, 15) is 10.1 Å². The zero-order chi connectivity index (χ0) is 12.8. The van der Waals surface area contributed by atoms with Crippen molar-refractivity contribution in [2.75, 3.05) is 33.0 Å². The van der Waals surface area contributed by atoms with Crippen molar-refractivity contribution in [3.8, 4) is 5.75 Å². The molecule has 0 amide bonds. The van der Waals surface area contributed by atoms with Gasteiger partial charge in [-0.15, -0.1) is 0 Å². The average molecular weight is 239 g/mol. The van der Waals surface area contributed by atoms with Gasteiger partial charge in [0.15, 0.2) is 5.75 Å². The van der Waals surface area contributed by atoms with Crippen molar-refractivity contribution in [3.05, 3.63) is 28.3 Å². The van der Waals surface area contributed by atoms with Crippen molar-refractivity contribution >= 4 is 11.4 Å². The summed E-state index contributed by atoms with van der Waals surface area (Å²) in [6, 6.07) is 4.69. The molecule has 6 nitrogen and oxygen atoms in total. The van der Waals surface area contributed by atoms with Crippen molar-refractivity contribution in [3.63, 3.8) is 0 Å². The van der Waals surface area contributed by atoms with Gasteiger partial charge in [0.1, 0.15) is 5.69 Å². The molecule has 0 saturated heterocycles. The van der Waals surface area contributed by atoms with E-state index in [1.807, 2.05) is 19.0 Å². The summed E-state index contributed by atoms with van der Waals surface area (Å²) in [5, 5.41) is 10.8. The Morgan fingerprint density at radius 1 is 1.47 bits per heavy atom. The second-order valence-corrected chi connectivity index (χ2v) is 3.96. The molecular weight excluding hydrogens is 222 g/mol. The van der Waals surface area contributed by atoms with Gasteiger partial charge >= 0.3 is 5.69 Å². The van der Waals surface area contributed by atoms with Gasteiger partial charge in [0.25, 0.3) is 0 Å². The van der Waals surface area contributed by atoms with Gasteiger partial charge < -0.3 is 15.4 Å². The number of benzene rings is 1. The summed E-state index contributed by atoms with van der Waals surface area (Å²) in [6.45, 7) is 1.30. The van der Waals surface area contributed by atoms with Crippen LogP contribution in [0.25, 0.3) is 0 Å². The van der Waals surface area contributed by atoms with Crippen LogP contribution in [0.5, 0.6) is 5.75 Å². The highest BCUT2D eigenvalue weighted by molar-refractivity contribution is 5.65. The van der Waals surface area contributed by atoms with Crippen LogP contribution < -0.4 is 10.5 Å². The first-order chi connectivity index (χ1) is 8.02. The SMILES string of the molecule is CN(C)CCCOc1cccc(N)c1[N+](=O)[O-]. The van der Waals surface area contributed by atoms with Gasteiger partial charge in [0, 0.05) is 6.54 Å². The Morgan fingerprint density at radius 2 is 2.18 bits per heavy atom. The molecular formula is C11H17N3O3. The lowest BCUT2D eigenvalue weighted by Gasteiger charge is -2.10. The molecule has 0 spiro atoms. The zero-order valence-electron chi connectivity index (χ0n) is 10.0. The summed E-state index contributed by atoms with van der Waals surface area (Å²) >= 11 is 0. The standard InChI is InChI=1S/C11H17N3O3/c1-13(2)7-4-8-17-10-6-3-5-9(12)11(10)14(15)16/h3,5-6H,4,7-8,12H2,1-2H3. The molecule has 0 unspecified atom stereocenters. The predicted molar refractivity (Wildman–Crippen MR) is 66.2 cm³/mol. The summed E-state index contributed by atoms with van der Waals surface area (Å²) in [6.07, 6.45) is 0.805. The van der Waals surface area contributed by atoms with Crippen LogP contribution in [0.15, 0.2) is 18.2 Å². The normalized spacial score (nSPS) is 10.5. The van der Waals surface area contributed by atoms with Crippen LogP contribution in [0.2, 0.25) is 0 Å². The second kappa shape index (κ2) is 6.05. The van der Waals surface area contributed by atoms with Crippen LogP contribution in [0.1, 0.15) is 6.42 Å². The van der Waals surface area contributed by atoms with E-state index in [1.54, 1.807) is 12.1 Å². The molecule has 1 aromatic carbocycles. The smallest absolute Gasteiger partial charge is 0.333 e. The third kappa shape index (κ3) is 3.92. The molecule has 0 atom stereocenters. The predicted octanol–water partition coefficient (Wildman–Crippen LogP) is 1.51. The Balaban J connectivity index is 2.64. The van der Waals surface area contributed by atoms with Gasteiger partial charge in [-0.3, -0.25) is 10.1 Å². The molecule has 0 saturated carbocycles. The van der Waals surface area contributed by atoms with Crippen molar-refractivity contribution < 1.29 is 9.66 Å². The molecule has 0 aliphatic rings. The summed E-state index contributed by atoms with van der Waals surface area (Å²) in [5.74, 6) is 0.230. The monoisotopic (exact) mass is 239 g/mol. The van der Waals surface area contributed by atoms with Crippen molar-refractivity contribution in [2.24, 2.45) is 0 Å². The third-order valence-electron chi connectivity index (χ3n) is 2.22. The topological polar surface area (TPSA) is 81.6 Å². The van der Waals surface area contributed by atoms with Gasteiger partial charge in [-0.1, -0.05) is 6.07 Å². The van der Waals surface area contributed by atoms with E-state index in [0.29, 0.717) is 6.61 Å². The highest BCUT2D eigenvalue weighted by Crippen LogP contribution is 2.32. The highest BCUT2D eigenvalue weighted by Gasteiger charge is 2.18. The van der Waals surface area contributed by atoms with E-state index in [0.717, 1.165) is 13.0 Å². The van der Waals surface area contributed by atoms with Gasteiger partial charge in [-0.05, 0) is 32.6 Å². The first kappa shape index (κ1) is 13.2. The van der Waals surface area contributed by atoms with Gasteiger partial charge in [0.2, 0.25) is 0 Å². The number of nitro groups is 1. The quantitative estimate of drug-likeness (QED) is 0.352. The Morgan fingerprint density at radius 3 is 2.76 bits per heavy atom. The van der Waals surface area contributed by atoms with Crippen LogP contribution >= 0.6 is 0 Å². The fourth-order valence-corrected chi connectivity index (χ4v) is 1.41. The van der Waals surface area contributed by atoms with Crippen LogP contribution in [0.3, 0.4) is 0 Å². The summed E-state index contributed by atoms with van der Waals surface area (Å²) in [5.41, 5.74) is 5.51. The summed E-state index contributed by atoms with van der Waals surface area (Å²) in [4.78, 5) is 12.3. The highest BCUT2D eigenvalue weighted by atomic mass is 16.6. The third-order valence-corrected chi connectivity index (χ3v) is 2.22. The maximum absolute atomic E-state index is 10.8. The van der Waals surface area contributed by atoms with Crippen molar-refractivity contribution in [2.45, 2.75) is 6.42 Å². The molecule has 6 heteroatoms. The molecule has 0 fully saturated rings. The van der Waals surface area contributed by atoms with E-state index < -0.39 is 4.92 Å². The largest absolute Gasteiger partial charge is 0.487 e. The molecule has 94 valence electrons. The maximum Gasteiger partial charge on any atom is 0.333 e. The summed E-state index contributed by atoms with van der Waals surface area (Å²) in [7, 11) is 3.92. The zero-order valence-corrected chi connectivity index (χ0v) is 10.0. The fraction of sp³-hybridized carbons (Fsp3) is 0.455. The number of hydrogen-bond donors (Lipinski definition) is 1. The molecule has 1 rings (SSSR count). The minimum Gasteiger partial charge on any atom is -0.487 e. The molecule has 0 aliphatic carbocycles. The van der Waals surface area contributed by atoms with Crippen LogP contribution in [-0.4, -0.2) is 37.1 Å². The number of para-hydroxylation sites is 1. The Labute approximate surface area is 100 Å². The van der Waals surface area contributed by atoms with E-state index in [2.05, 4.69) is 0 Å². The number of ether oxygens (including phenoxy) is 1. The molecule has 0 aromatic heterocycles. The number of nitrogens with zero attached hydrogens (tertiary/aromatic N) is 2. The minimum atomic E-state index is -0.517. The average Bonchev–Trinajstić information content (AvgIpc) is 2.23. The number of hydrogen-bond acceptors (Lipinski definition) is 5. The Bertz CT molecular complexity index is 394. The van der Waals surface area contributed by atoms with Gasteiger partial charge in [-0.25, -0.2) is 0 Å². The van der Waals surface area contributed by atoms with E-state index in [4.69, 9.17) is 10.5 Å². The molecule has 17 heavy (non-hydrogen) atoms. The van der Waals surface area contributed by atoms with Crippen LogP contribution in [-0.2, 0) is 0 Å². The lowest BCUT2D eigenvalue weighted by Crippen LogP contribution is -2.15. The maximum atomic E-state index is 10.8. The van der Waals surface area contributed by atoms with E-state index in [-0.39, 0.29) is 17.1 Å². The Hall–Kier alpha value is -1.82. The Kier molecular flexibility index (Phi) is 4.71. The molecule has 1 aromatic rings. The molecule has 0 heterocycles. The fourth-order valence-electron chi connectivity index (χ4n) is 1.41. The first-order valence-corrected chi connectivity index (χ1v) is 5.32. The number of nitro benzene ring substituents is 1. The molecule has 0 aliphatic heterocycles. The second-order valence-electron chi connectivity index (χ2n) is 3.96. The van der Waals surface area contributed by atoms with E-state index >= 15 is 0 Å². The van der Waals surface area contributed by atoms with Crippen LogP contribution in [0.4, 0.5) is 11.4 Å². The molecule has 0 radical (unpaired) electrons. The lowest BCUT2D eigenvalue weighted by molar-refractivity contribution is -0.384. The lowest BCUT2D eigenvalue weighted by atomic mass is 10.2. The van der Waals surface area contributed by atoms with E-state index in [1.165, 1.54) is 6.07 Å². The number of nitrogen functional groups attached to an aromatic ring is 1. The van der Waals surface area contributed by atoms with Crippen LogP contribution in [0, 0.1) is 10.1 Å². The minimum absolute atomic E-state index is 0.125. The summed E-state index contributed by atoms with van der Waals surface area (Å²) < 4.78 is 5.38. The number of nitrogens with two attached hydrogens (primary N) is 1. The number of rotatable bonds is 6. The molecule has 2 N–H and O–H groups in total. The van der Waals surface area contributed by atoms with Crippen molar-refractivity contribution in [1.82, 2.24) is 4.90 Å². The first-order valence-electron chi connectivity index (χ1n) is 5.32.